The van der Waals surface area contributed by atoms with Gasteiger partial charge in [-0.2, -0.15) is 0 Å². The Hall–Kier alpha value is -1.46. The number of aryl methyl sites for hydroxylation is 1. The molecule has 0 amide bonds. The van der Waals surface area contributed by atoms with Crippen LogP contribution in [0.1, 0.15) is 5.56 Å². The summed E-state index contributed by atoms with van der Waals surface area (Å²) in [5.74, 6) is 0.768. The third kappa shape index (κ3) is 6.21. The van der Waals surface area contributed by atoms with Gasteiger partial charge in [0.1, 0.15) is 18.5 Å². The van der Waals surface area contributed by atoms with Crippen LogP contribution in [0.15, 0.2) is 42.5 Å². The van der Waals surface area contributed by atoms with Crippen molar-refractivity contribution in [2.24, 2.45) is 0 Å². The van der Waals surface area contributed by atoms with E-state index in [1.165, 1.54) is 0 Å². The molecule has 0 aromatic heterocycles. The number of rotatable bonds is 9. The van der Waals surface area contributed by atoms with Gasteiger partial charge in [-0.3, -0.25) is 0 Å². The summed E-state index contributed by atoms with van der Waals surface area (Å²) in [5, 5.41) is 17.5. The predicted octanol–water partition coefficient (Wildman–Crippen LogP) is 3.74. The third-order valence-electron chi connectivity index (χ3n) is 3.38. The maximum atomic E-state index is 9.93. The summed E-state index contributed by atoms with van der Waals surface area (Å²) in [6, 6.07) is 13.1. The van der Waals surface area contributed by atoms with Gasteiger partial charge in [0.25, 0.3) is 0 Å². The first kappa shape index (κ1) is 18.9. The van der Waals surface area contributed by atoms with E-state index < -0.39 is 6.10 Å². The molecule has 0 fully saturated rings. The van der Waals surface area contributed by atoms with Crippen LogP contribution < -0.4 is 15.4 Å². The Morgan fingerprint density at radius 1 is 1.08 bits per heavy atom. The fourth-order valence-electron chi connectivity index (χ4n) is 2.17. The number of hydrogen-bond donors (Lipinski definition) is 3. The molecule has 0 spiro atoms. The number of anilines is 1. The number of hydrogen-bond acceptors (Lipinski definition) is 4. The Bertz CT molecular complexity index is 632. The van der Waals surface area contributed by atoms with Crippen molar-refractivity contribution in [1.29, 1.82) is 0 Å². The van der Waals surface area contributed by atoms with Crippen LogP contribution in [0.25, 0.3) is 0 Å². The smallest absolute Gasteiger partial charge is 0.119 e. The highest BCUT2D eigenvalue weighted by atomic mass is 35.5. The largest absolute Gasteiger partial charge is 0.491 e. The van der Waals surface area contributed by atoms with Crippen LogP contribution in [0, 0.1) is 6.92 Å². The normalized spacial score (nSPS) is 12.0. The Morgan fingerprint density at radius 2 is 1.79 bits per heavy atom. The van der Waals surface area contributed by atoms with Crippen LogP contribution in [0.2, 0.25) is 10.0 Å². The second-order valence-electron chi connectivity index (χ2n) is 5.51. The van der Waals surface area contributed by atoms with Crippen molar-refractivity contribution in [2.75, 3.05) is 31.6 Å². The van der Waals surface area contributed by atoms with Gasteiger partial charge in [-0.05, 0) is 36.8 Å². The lowest BCUT2D eigenvalue weighted by atomic mass is 10.2. The first-order valence-electron chi connectivity index (χ1n) is 7.82. The minimum absolute atomic E-state index is 0.250. The molecule has 3 N–H and O–H groups in total. The van der Waals surface area contributed by atoms with Gasteiger partial charge in [-0.25, -0.2) is 0 Å². The molecule has 0 saturated carbocycles. The molecule has 2 aromatic rings. The van der Waals surface area contributed by atoms with E-state index >= 15 is 0 Å². The van der Waals surface area contributed by atoms with Crippen molar-refractivity contribution in [2.45, 2.75) is 13.0 Å². The number of benzene rings is 2. The van der Waals surface area contributed by atoms with Crippen LogP contribution in [0.3, 0.4) is 0 Å². The number of aliphatic hydroxyl groups is 1. The zero-order valence-corrected chi connectivity index (χ0v) is 15.1. The SMILES string of the molecule is Cc1cccc(OCC(O)CNCCNc2c(Cl)cccc2Cl)c1. The summed E-state index contributed by atoms with van der Waals surface area (Å²) in [5.41, 5.74) is 1.86. The van der Waals surface area contributed by atoms with E-state index in [0.29, 0.717) is 29.7 Å². The molecule has 6 heteroatoms. The quantitative estimate of drug-likeness (QED) is 0.590. The molecule has 2 rings (SSSR count). The summed E-state index contributed by atoms with van der Waals surface area (Å²) < 4.78 is 5.57. The van der Waals surface area contributed by atoms with E-state index in [4.69, 9.17) is 27.9 Å². The molecule has 0 aliphatic rings. The first-order chi connectivity index (χ1) is 11.6. The van der Waals surface area contributed by atoms with Gasteiger partial charge >= 0.3 is 0 Å². The number of para-hydroxylation sites is 1. The maximum absolute atomic E-state index is 9.93. The Balaban J connectivity index is 1.62. The monoisotopic (exact) mass is 368 g/mol. The summed E-state index contributed by atoms with van der Waals surface area (Å²) in [6.07, 6.45) is -0.575. The lowest BCUT2D eigenvalue weighted by molar-refractivity contribution is 0.107. The van der Waals surface area contributed by atoms with Crippen molar-refractivity contribution in [3.05, 3.63) is 58.1 Å². The summed E-state index contributed by atoms with van der Waals surface area (Å²) in [6.45, 7) is 4.02. The fraction of sp³-hybridized carbons (Fsp3) is 0.333. The van der Waals surface area contributed by atoms with E-state index in [0.717, 1.165) is 17.0 Å². The Labute approximate surface area is 152 Å². The molecule has 4 nitrogen and oxygen atoms in total. The molecule has 0 radical (unpaired) electrons. The number of ether oxygens (including phenoxy) is 1. The minimum atomic E-state index is -0.575. The van der Waals surface area contributed by atoms with Gasteiger partial charge in [0.05, 0.1) is 15.7 Å². The van der Waals surface area contributed by atoms with Crippen LogP contribution in [-0.2, 0) is 0 Å². The number of aliphatic hydroxyl groups excluding tert-OH is 1. The second kappa shape index (κ2) is 9.74. The van der Waals surface area contributed by atoms with Gasteiger partial charge < -0.3 is 20.5 Å². The molecule has 0 saturated heterocycles. The first-order valence-corrected chi connectivity index (χ1v) is 8.58. The number of nitrogens with one attached hydrogen (secondary N) is 2. The summed E-state index contributed by atoms with van der Waals surface area (Å²) in [7, 11) is 0. The Morgan fingerprint density at radius 3 is 2.50 bits per heavy atom. The van der Waals surface area contributed by atoms with Crippen molar-refractivity contribution < 1.29 is 9.84 Å². The van der Waals surface area contributed by atoms with Gasteiger partial charge in [-0.15, -0.1) is 0 Å². The molecule has 130 valence electrons. The van der Waals surface area contributed by atoms with E-state index in [2.05, 4.69) is 10.6 Å². The standard InChI is InChI=1S/C18H22Cl2N2O2/c1-13-4-2-5-15(10-13)24-12-14(23)11-21-8-9-22-18-16(19)6-3-7-17(18)20/h2-7,10,14,21-23H,8-9,11-12H2,1H3. The van der Waals surface area contributed by atoms with Crippen LogP contribution in [0.5, 0.6) is 5.75 Å². The van der Waals surface area contributed by atoms with Gasteiger partial charge in [0.2, 0.25) is 0 Å². The molecular formula is C18H22Cl2N2O2. The predicted molar refractivity (Wildman–Crippen MR) is 101 cm³/mol. The van der Waals surface area contributed by atoms with Gasteiger partial charge in [0, 0.05) is 19.6 Å². The topological polar surface area (TPSA) is 53.5 Å². The van der Waals surface area contributed by atoms with Crippen molar-refractivity contribution >= 4 is 28.9 Å². The molecule has 0 bridgehead atoms. The fourth-order valence-corrected chi connectivity index (χ4v) is 2.70. The highest BCUT2D eigenvalue weighted by Crippen LogP contribution is 2.29. The molecule has 1 atom stereocenters. The summed E-state index contributed by atoms with van der Waals surface area (Å²) in [4.78, 5) is 0. The third-order valence-corrected chi connectivity index (χ3v) is 4.01. The average Bonchev–Trinajstić information content (AvgIpc) is 2.55. The van der Waals surface area contributed by atoms with E-state index in [1.54, 1.807) is 18.2 Å². The summed E-state index contributed by atoms with van der Waals surface area (Å²) >= 11 is 12.2. The molecular weight excluding hydrogens is 347 g/mol. The minimum Gasteiger partial charge on any atom is -0.491 e. The number of halogens is 2. The Kier molecular flexibility index (Phi) is 7.66. The molecule has 24 heavy (non-hydrogen) atoms. The van der Waals surface area contributed by atoms with Gasteiger partial charge in [-0.1, -0.05) is 41.4 Å². The average molecular weight is 369 g/mol. The molecule has 0 heterocycles. The second-order valence-corrected chi connectivity index (χ2v) is 6.32. The van der Waals surface area contributed by atoms with E-state index in [-0.39, 0.29) is 6.61 Å². The lowest BCUT2D eigenvalue weighted by Gasteiger charge is -2.14. The van der Waals surface area contributed by atoms with E-state index in [1.807, 2.05) is 31.2 Å². The lowest BCUT2D eigenvalue weighted by Crippen LogP contribution is -2.34. The highest BCUT2D eigenvalue weighted by molar-refractivity contribution is 6.39. The molecule has 0 aliphatic heterocycles. The highest BCUT2D eigenvalue weighted by Gasteiger charge is 2.06. The van der Waals surface area contributed by atoms with Crippen molar-refractivity contribution in [1.82, 2.24) is 5.32 Å². The van der Waals surface area contributed by atoms with Crippen LogP contribution in [-0.4, -0.2) is 37.5 Å². The van der Waals surface area contributed by atoms with E-state index in [9.17, 15) is 5.11 Å². The van der Waals surface area contributed by atoms with Crippen LogP contribution >= 0.6 is 23.2 Å². The maximum Gasteiger partial charge on any atom is 0.119 e. The van der Waals surface area contributed by atoms with Gasteiger partial charge in [0.15, 0.2) is 0 Å². The van der Waals surface area contributed by atoms with Crippen LogP contribution in [0.4, 0.5) is 5.69 Å². The zero-order valence-electron chi connectivity index (χ0n) is 13.6. The van der Waals surface area contributed by atoms with Crippen molar-refractivity contribution in [3.8, 4) is 5.75 Å². The molecule has 1 unspecified atom stereocenters. The van der Waals surface area contributed by atoms with Crippen molar-refractivity contribution in [3.63, 3.8) is 0 Å². The molecule has 2 aromatic carbocycles. The molecule has 0 aliphatic carbocycles. The zero-order chi connectivity index (χ0) is 17.4.